The molecule has 10 heteroatoms. The molecule has 0 bridgehead atoms. The van der Waals surface area contributed by atoms with Crippen LogP contribution < -0.4 is 10.6 Å². The second-order valence-corrected chi connectivity index (χ2v) is 4.55. The normalized spacial score (nSPS) is 17.5. The van der Waals surface area contributed by atoms with E-state index in [9.17, 15) is 14.4 Å². The van der Waals surface area contributed by atoms with Crippen molar-refractivity contribution in [2.75, 3.05) is 6.54 Å². The lowest BCUT2D eigenvalue weighted by molar-refractivity contribution is -0.134. The van der Waals surface area contributed by atoms with Gasteiger partial charge in [-0.15, -0.1) is 10.2 Å². The summed E-state index contributed by atoms with van der Waals surface area (Å²) < 4.78 is 0. The van der Waals surface area contributed by atoms with Crippen molar-refractivity contribution in [3.63, 3.8) is 0 Å². The van der Waals surface area contributed by atoms with E-state index in [1.165, 1.54) is 0 Å². The number of tetrazole rings is 1. The Hall–Kier alpha value is -2.52. The second-order valence-electron chi connectivity index (χ2n) is 4.55. The molecule has 1 aromatic heterocycles. The zero-order valence-corrected chi connectivity index (χ0v) is 10.4. The highest BCUT2D eigenvalue weighted by molar-refractivity contribution is 6.08. The smallest absolute Gasteiger partial charge is 0.325 e. The maximum atomic E-state index is 11.8. The average molecular weight is 267 g/mol. The topological polar surface area (TPSA) is 133 Å². The summed E-state index contributed by atoms with van der Waals surface area (Å²) in [4.78, 5) is 35.9. The quantitative estimate of drug-likeness (QED) is 0.548. The summed E-state index contributed by atoms with van der Waals surface area (Å²) in [7, 11) is 0. The average Bonchev–Trinajstić information content (AvgIpc) is 2.90. The van der Waals surface area contributed by atoms with E-state index in [1.807, 2.05) is 0 Å². The van der Waals surface area contributed by atoms with Crippen molar-refractivity contribution >= 4 is 17.8 Å². The first-order valence-electron chi connectivity index (χ1n) is 5.53. The number of carbonyl (C=O) groups excluding carboxylic acids is 3. The number of aromatic amines is 1. The van der Waals surface area contributed by atoms with Crippen molar-refractivity contribution in [2.45, 2.75) is 25.9 Å². The Balaban J connectivity index is 1.89. The standard InChI is InChI=1S/C9H13N7O3/c1-9(2)7(18)16(8(19)11-9)4-6(17)10-3-5-12-14-15-13-5/h3-4H2,1-2H3,(H,10,17)(H,11,19)(H,12,13,14,15). The monoisotopic (exact) mass is 267 g/mol. The first-order chi connectivity index (χ1) is 8.90. The number of nitrogens with zero attached hydrogens (tertiary/aromatic N) is 4. The SMILES string of the molecule is CC1(C)NC(=O)N(CC(=O)NCc2nn[nH]n2)C1=O. The van der Waals surface area contributed by atoms with Gasteiger partial charge in [0, 0.05) is 0 Å². The molecule has 3 N–H and O–H groups in total. The van der Waals surface area contributed by atoms with Gasteiger partial charge in [-0.05, 0) is 13.8 Å². The fourth-order valence-electron chi connectivity index (χ4n) is 1.60. The third-order valence-corrected chi connectivity index (χ3v) is 2.58. The van der Waals surface area contributed by atoms with Gasteiger partial charge in [-0.2, -0.15) is 5.21 Å². The van der Waals surface area contributed by atoms with E-state index in [2.05, 4.69) is 31.3 Å². The highest BCUT2D eigenvalue weighted by Gasteiger charge is 2.44. The van der Waals surface area contributed by atoms with Crippen LogP contribution >= 0.6 is 0 Å². The third-order valence-electron chi connectivity index (χ3n) is 2.58. The molecule has 2 heterocycles. The number of aromatic nitrogens is 4. The Morgan fingerprint density at radius 1 is 1.42 bits per heavy atom. The largest absolute Gasteiger partial charge is 0.347 e. The number of rotatable bonds is 4. The van der Waals surface area contributed by atoms with Crippen LogP contribution in [0.1, 0.15) is 19.7 Å². The molecule has 0 atom stereocenters. The van der Waals surface area contributed by atoms with Gasteiger partial charge < -0.3 is 10.6 Å². The van der Waals surface area contributed by atoms with E-state index in [0.29, 0.717) is 5.82 Å². The molecule has 10 nitrogen and oxygen atoms in total. The Morgan fingerprint density at radius 2 is 2.16 bits per heavy atom. The zero-order chi connectivity index (χ0) is 14.0. The molecule has 19 heavy (non-hydrogen) atoms. The minimum Gasteiger partial charge on any atom is -0.347 e. The van der Waals surface area contributed by atoms with Crippen LogP contribution in [0.2, 0.25) is 0 Å². The van der Waals surface area contributed by atoms with Crippen LogP contribution in [0.15, 0.2) is 0 Å². The molecule has 0 saturated carbocycles. The molecule has 0 aliphatic carbocycles. The van der Waals surface area contributed by atoms with Crippen LogP contribution in [-0.2, 0) is 16.1 Å². The highest BCUT2D eigenvalue weighted by atomic mass is 16.2. The van der Waals surface area contributed by atoms with Gasteiger partial charge in [0.1, 0.15) is 12.1 Å². The molecule has 0 radical (unpaired) electrons. The summed E-state index contributed by atoms with van der Waals surface area (Å²) >= 11 is 0. The minimum atomic E-state index is -0.981. The van der Waals surface area contributed by atoms with Gasteiger partial charge >= 0.3 is 6.03 Å². The van der Waals surface area contributed by atoms with E-state index >= 15 is 0 Å². The molecule has 2 rings (SSSR count). The van der Waals surface area contributed by atoms with E-state index in [4.69, 9.17) is 0 Å². The van der Waals surface area contributed by atoms with Crippen LogP contribution in [0.25, 0.3) is 0 Å². The van der Waals surface area contributed by atoms with Crippen molar-refractivity contribution in [2.24, 2.45) is 0 Å². The lowest BCUT2D eigenvalue weighted by atomic mass is 10.1. The van der Waals surface area contributed by atoms with Crippen molar-refractivity contribution in [1.29, 1.82) is 0 Å². The number of amides is 4. The van der Waals surface area contributed by atoms with Gasteiger partial charge in [0.25, 0.3) is 5.91 Å². The summed E-state index contributed by atoms with van der Waals surface area (Å²) in [6.45, 7) is 2.88. The van der Waals surface area contributed by atoms with E-state index in [1.54, 1.807) is 13.8 Å². The van der Waals surface area contributed by atoms with Crippen LogP contribution in [0.4, 0.5) is 4.79 Å². The first-order valence-corrected chi connectivity index (χ1v) is 5.53. The predicted octanol–water partition coefficient (Wildman–Crippen LogP) is -1.85. The lowest BCUT2D eigenvalue weighted by Crippen LogP contribution is -2.43. The van der Waals surface area contributed by atoms with Gasteiger partial charge in [-0.3, -0.25) is 14.5 Å². The fraction of sp³-hybridized carbons (Fsp3) is 0.556. The molecule has 1 aliphatic rings. The Kier molecular flexibility index (Phi) is 3.15. The Bertz CT molecular complexity index is 510. The summed E-state index contributed by atoms with van der Waals surface area (Å²) in [5.41, 5.74) is -0.981. The molecule has 0 aromatic carbocycles. The van der Waals surface area contributed by atoms with Crippen LogP contribution in [0.5, 0.6) is 0 Å². The zero-order valence-electron chi connectivity index (χ0n) is 10.4. The van der Waals surface area contributed by atoms with E-state index in [-0.39, 0.29) is 13.1 Å². The lowest BCUT2D eigenvalue weighted by Gasteiger charge is -2.15. The van der Waals surface area contributed by atoms with Crippen molar-refractivity contribution < 1.29 is 14.4 Å². The predicted molar refractivity (Wildman–Crippen MR) is 60.3 cm³/mol. The Morgan fingerprint density at radius 3 is 2.68 bits per heavy atom. The van der Waals surface area contributed by atoms with Crippen molar-refractivity contribution in [1.82, 2.24) is 36.2 Å². The highest BCUT2D eigenvalue weighted by Crippen LogP contribution is 2.15. The van der Waals surface area contributed by atoms with Crippen molar-refractivity contribution in [3.05, 3.63) is 5.82 Å². The van der Waals surface area contributed by atoms with Gasteiger partial charge in [0.05, 0.1) is 6.54 Å². The molecule has 1 aliphatic heterocycles. The van der Waals surface area contributed by atoms with Gasteiger partial charge in [-0.1, -0.05) is 5.21 Å². The summed E-state index contributed by atoms with van der Waals surface area (Å²) in [5, 5.41) is 17.8. The van der Waals surface area contributed by atoms with Crippen molar-refractivity contribution in [3.8, 4) is 0 Å². The number of nitrogens with one attached hydrogen (secondary N) is 3. The number of hydrogen-bond donors (Lipinski definition) is 3. The minimum absolute atomic E-state index is 0.0718. The number of hydrogen-bond acceptors (Lipinski definition) is 6. The van der Waals surface area contributed by atoms with Crippen LogP contribution in [0, 0.1) is 0 Å². The number of carbonyl (C=O) groups is 3. The van der Waals surface area contributed by atoms with Crippen LogP contribution in [0.3, 0.4) is 0 Å². The number of urea groups is 1. The molecular formula is C9H13N7O3. The maximum Gasteiger partial charge on any atom is 0.325 e. The summed E-state index contributed by atoms with van der Waals surface area (Å²) in [5.74, 6) is -0.607. The van der Waals surface area contributed by atoms with E-state index < -0.39 is 23.4 Å². The molecule has 1 fully saturated rings. The molecule has 1 aromatic rings. The number of imide groups is 1. The summed E-state index contributed by atoms with van der Waals surface area (Å²) in [6.07, 6.45) is 0. The van der Waals surface area contributed by atoms with Gasteiger partial charge in [-0.25, -0.2) is 4.79 Å². The third kappa shape index (κ3) is 2.67. The molecule has 102 valence electrons. The first kappa shape index (κ1) is 12.9. The fourth-order valence-corrected chi connectivity index (χ4v) is 1.60. The second kappa shape index (κ2) is 4.63. The van der Waals surface area contributed by atoms with E-state index in [0.717, 1.165) is 4.90 Å². The van der Waals surface area contributed by atoms with Crippen LogP contribution in [-0.4, -0.2) is 55.5 Å². The molecule has 1 saturated heterocycles. The Labute approximate surface area is 107 Å². The maximum absolute atomic E-state index is 11.8. The molecule has 4 amide bonds. The molecule has 0 unspecified atom stereocenters. The van der Waals surface area contributed by atoms with Gasteiger partial charge in [0.15, 0.2) is 5.82 Å². The molecular weight excluding hydrogens is 254 g/mol. The van der Waals surface area contributed by atoms with Gasteiger partial charge in [0.2, 0.25) is 5.91 Å². The summed E-state index contributed by atoms with van der Waals surface area (Å²) in [6, 6.07) is -0.579. The molecule has 0 spiro atoms. The number of H-pyrrole nitrogens is 1.